The molecule has 2 saturated heterocycles. The molecule has 3 heterocycles. The van der Waals surface area contributed by atoms with E-state index in [0.29, 0.717) is 32.4 Å². The Morgan fingerprint density at radius 1 is 1.12 bits per heavy atom. The molecule has 2 amide bonds. The molecular weight excluding hydrogens is 360 g/mol. The second kappa shape index (κ2) is 7.45. The molecule has 2 fully saturated rings. The van der Waals surface area contributed by atoms with Crippen molar-refractivity contribution in [3.63, 3.8) is 0 Å². The van der Waals surface area contributed by atoms with Gasteiger partial charge in [0, 0.05) is 25.9 Å². The topological polar surface area (TPSA) is 74.8 Å². The first kappa shape index (κ1) is 18.4. The Labute approximate surface area is 152 Å². The molecule has 0 aliphatic carbocycles. The van der Waals surface area contributed by atoms with E-state index in [1.54, 1.807) is 21.1 Å². The first-order valence-electron chi connectivity index (χ1n) is 8.71. The summed E-state index contributed by atoms with van der Waals surface area (Å²) >= 11 is 1.60. The highest BCUT2D eigenvalue weighted by Crippen LogP contribution is 2.28. The molecule has 138 valence electrons. The van der Waals surface area contributed by atoms with Gasteiger partial charge >= 0.3 is 0 Å². The first-order valence-corrected chi connectivity index (χ1v) is 11.5. The van der Waals surface area contributed by atoms with Crippen LogP contribution in [0.5, 0.6) is 0 Å². The molecule has 0 radical (unpaired) electrons. The van der Waals surface area contributed by atoms with Crippen LogP contribution in [-0.2, 0) is 25.8 Å². The number of fused-ring (bicyclic) bond motifs is 1. The Hall–Kier alpha value is -1.41. The number of hydrogen-bond donors (Lipinski definition) is 0. The zero-order chi connectivity index (χ0) is 18.0. The van der Waals surface area contributed by atoms with Gasteiger partial charge in [-0.3, -0.25) is 9.59 Å². The lowest BCUT2D eigenvalue weighted by molar-refractivity contribution is -0.145. The van der Waals surface area contributed by atoms with Crippen LogP contribution in [0.4, 0.5) is 0 Å². The molecule has 0 aromatic carbocycles. The number of aryl methyl sites for hydroxylation is 1. The van der Waals surface area contributed by atoms with E-state index in [1.807, 2.05) is 23.8 Å². The minimum atomic E-state index is -3.22. The third-order valence-corrected chi connectivity index (χ3v) is 7.42. The van der Waals surface area contributed by atoms with Gasteiger partial charge < -0.3 is 9.80 Å². The molecule has 6 nitrogen and oxygen atoms in total. The minimum absolute atomic E-state index is 0.0000258. The summed E-state index contributed by atoms with van der Waals surface area (Å²) in [5.74, 6) is -0.0694. The third-order valence-electron chi connectivity index (χ3n) is 4.99. The molecule has 2 aliphatic heterocycles. The quantitative estimate of drug-likeness (QED) is 0.767. The average Bonchev–Trinajstić information content (AvgIpc) is 3.17. The van der Waals surface area contributed by atoms with Gasteiger partial charge in [-0.25, -0.2) is 8.42 Å². The second-order valence-corrected chi connectivity index (χ2v) is 9.70. The molecule has 0 spiro atoms. The van der Waals surface area contributed by atoms with Crippen LogP contribution in [0.1, 0.15) is 31.7 Å². The third kappa shape index (κ3) is 4.06. The van der Waals surface area contributed by atoms with E-state index in [0.717, 1.165) is 12.0 Å². The molecule has 1 aromatic rings. The zero-order valence-electron chi connectivity index (χ0n) is 14.4. The molecule has 3 rings (SSSR count). The Morgan fingerprint density at radius 2 is 1.72 bits per heavy atom. The lowest BCUT2D eigenvalue weighted by atomic mass is 10.0. The molecule has 0 bridgehead atoms. The Bertz CT molecular complexity index is 730. The van der Waals surface area contributed by atoms with E-state index < -0.39 is 15.9 Å². The largest absolute Gasteiger partial charge is 0.335 e. The number of amides is 2. The van der Waals surface area contributed by atoms with E-state index >= 15 is 0 Å². The van der Waals surface area contributed by atoms with Crippen molar-refractivity contribution in [2.45, 2.75) is 44.7 Å². The fourth-order valence-electron chi connectivity index (χ4n) is 3.76. The van der Waals surface area contributed by atoms with Gasteiger partial charge in [0.25, 0.3) is 0 Å². The van der Waals surface area contributed by atoms with E-state index in [2.05, 4.69) is 0 Å². The van der Waals surface area contributed by atoms with Crippen molar-refractivity contribution in [3.05, 3.63) is 22.4 Å². The molecule has 1 aromatic heterocycles. The number of carbonyl (C=O) groups is 2. The maximum Gasteiger partial charge on any atom is 0.223 e. The first-order chi connectivity index (χ1) is 11.9. The average molecular weight is 385 g/mol. The van der Waals surface area contributed by atoms with Gasteiger partial charge in [0.2, 0.25) is 11.8 Å². The summed E-state index contributed by atoms with van der Waals surface area (Å²) in [4.78, 5) is 28.4. The lowest BCUT2D eigenvalue weighted by Crippen LogP contribution is -2.62. The van der Waals surface area contributed by atoms with E-state index in [-0.39, 0.29) is 29.4 Å². The number of carbonyl (C=O) groups excluding carboxylic acids is 2. The van der Waals surface area contributed by atoms with Crippen LogP contribution in [0.25, 0.3) is 0 Å². The summed E-state index contributed by atoms with van der Waals surface area (Å²) < 4.78 is 24.3. The highest BCUT2D eigenvalue weighted by Gasteiger charge is 2.48. The van der Waals surface area contributed by atoms with Crippen molar-refractivity contribution in [2.24, 2.45) is 0 Å². The second-order valence-electron chi connectivity index (χ2n) is 6.77. The van der Waals surface area contributed by atoms with Crippen molar-refractivity contribution >= 4 is 33.0 Å². The number of thiophene rings is 1. The fourth-order valence-corrected chi connectivity index (χ4v) is 6.44. The van der Waals surface area contributed by atoms with Crippen molar-refractivity contribution in [1.29, 1.82) is 0 Å². The van der Waals surface area contributed by atoms with Crippen LogP contribution in [0.15, 0.2) is 16.8 Å². The van der Waals surface area contributed by atoms with Crippen LogP contribution >= 0.6 is 11.3 Å². The molecule has 2 aliphatic rings. The van der Waals surface area contributed by atoms with Crippen LogP contribution in [0.3, 0.4) is 0 Å². The summed E-state index contributed by atoms with van der Waals surface area (Å²) in [5, 5.41) is 4.01. The van der Waals surface area contributed by atoms with Gasteiger partial charge in [0.05, 0.1) is 23.6 Å². The summed E-state index contributed by atoms with van der Waals surface area (Å²) in [6.45, 7) is 2.79. The van der Waals surface area contributed by atoms with Gasteiger partial charge in [0.15, 0.2) is 9.84 Å². The number of rotatable bonds is 5. The smallest absolute Gasteiger partial charge is 0.223 e. The van der Waals surface area contributed by atoms with E-state index in [9.17, 15) is 18.0 Å². The highest BCUT2D eigenvalue weighted by molar-refractivity contribution is 7.91. The van der Waals surface area contributed by atoms with Gasteiger partial charge in [-0.2, -0.15) is 11.3 Å². The van der Waals surface area contributed by atoms with Crippen LogP contribution in [0, 0.1) is 0 Å². The molecular formula is C17H24N2O4S2. The highest BCUT2D eigenvalue weighted by atomic mass is 32.2. The van der Waals surface area contributed by atoms with Gasteiger partial charge in [-0.1, -0.05) is 6.92 Å². The Balaban J connectivity index is 1.71. The van der Waals surface area contributed by atoms with Gasteiger partial charge in [-0.05, 0) is 35.2 Å². The summed E-state index contributed by atoms with van der Waals surface area (Å²) in [6, 6.07) is 1.22. The van der Waals surface area contributed by atoms with Crippen LogP contribution in [0.2, 0.25) is 0 Å². The van der Waals surface area contributed by atoms with E-state index in [1.165, 1.54) is 0 Å². The van der Waals surface area contributed by atoms with Crippen LogP contribution < -0.4 is 0 Å². The number of nitrogens with zero attached hydrogens (tertiary/aromatic N) is 2. The molecule has 2 atom stereocenters. The van der Waals surface area contributed by atoms with Gasteiger partial charge in [-0.15, -0.1) is 0 Å². The molecule has 0 N–H and O–H groups in total. The Morgan fingerprint density at radius 3 is 2.24 bits per heavy atom. The molecule has 25 heavy (non-hydrogen) atoms. The molecule has 8 heteroatoms. The predicted octanol–water partition coefficient (Wildman–Crippen LogP) is 1.32. The maximum atomic E-state index is 12.7. The van der Waals surface area contributed by atoms with Crippen molar-refractivity contribution in [2.75, 3.05) is 24.6 Å². The fraction of sp³-hybridized carbons (Fsp3) is 0.647. The van der Waals surface area contributed by atoms with Crippen molar-refractivity contribution < 1.29 is 18.0 Å². The Kier molecular flexibility index (Phi) is 5.48. The normalized spacial score (nSPS) is 25.0. The minimum Gasteiger partial charge on any atom is -0.335 e. The molecule has 0 saturated carbocycles. The van der Waals surface area contributed by atoms with Gasteiger partial charge in [0.1, 0.15) is 0 Å². The predicted molar refractivity (Wildman–Crippen MR) is 97.2 cm³/mol. The zero-order valence-corrected chi connectivity index (χ0v) is 16.0. The molecule has 0 unspecified atom stereocenters. The SMILES string of the molecule is CCCC(=O)N1CCN(C(=O)CCc2ccsc2)[C@@H]2CS(=O)(=O)C[C@@H]21. The van der Waals surface area contributed by atoms with Crippen molar-refractivity contribution in [3.8, 4) is 0 Å². The standard InChI is InChI=1S/C17H24N2O4S2/c1-2-3-16(20)18-7-8-19(15-12-25(22,23)11-14(15)18)17(21)5-4-13-6-9-24-10-13/h6,9-10,14-15H,2-5,7-8,11-12H2,1H3/t14-,15+/m0/s1. The summed E-state index contributed by atoms with van der Waals surface area (Å²) in [6.07, 6.45) is 2.21. The summed E-state index contributed by atoms with van der Waals surface area (Å²) in [7, 11) is -3.22. The van der Waals surface area contributed by atoms with Crippen molar-refractivity contribution in [1.82, 2.24) is 9.80 Å². The monoisotopic (exact) mass is 384 g/mol. The number of hydrogen-bond acceptors (Lipinski definition) is 5. The number of piperazine rings is 1. The van der Waals surface area contributed by atoms with Crippen LogP contribution in [-0.4, -0.2) is 66.7 Å². The number of sulfone groups is 1. The van der Waals surface area contributed by atoms with E-state index in [4.69, 9.17) is 0 Å². The lowest BCUT2D eigenvalue weighted by Gasteiger charge is -2.44. The summed E-state index contributed by atoms with van der Waals surface area (Å²) in [5.41, 5.74) is 1.13. The maximum absolute atomic E-state index is 12.7.